The Bertz CT molecular complexity index is 232. The maximum Gasteiger partial charge on any atom is 0.216 e. The maximum absolute atomic E-state index is 12.6. The number of hydrogen-bond donors (Lipinski definition) is 0. The van der Waals surface area contributed by atoms with Crippen molar-refractivity contribution in [2.24, 2.45) is 0 Å². The van der Waals surface area contributed by atoms with Gasteiger partial charge in [-0.3, -0.25) is 0 Å². The molecule has 11 heavy (non-hydrogen) atoms. The first-order chi connectivity index (χ1) is 5.26. The van der Waals surface area contributed by atoms with E-state index in [-0.39, 0.29) is 11.8 Å². The molecule has 1 rings (SSSR count). The zero-order valence-corrected chi connectivity index (χ0v) is 6.73. The van der Waals surface area contributed by atoms with Crippen molar-refractivity contribution in [3.8, 4) is 5.88 Å². The quantitative estimate of drug-likeness (QED) is 0.507. The van der Waals surface area contributed by atoms with Crippen molar-refractivity contribution in [1.82, 2.24) is 4.98 Å². The summed E-state index contributed by atoms with van der Waals surface area (Å²) in [6.45, 7) is 0. The first-order valence-electron chi connectivity index (χ1n) is 3.02. The summed E-state index contributed by atoms with van der Waals surface area (Å²) in [5.41, 5.74) is 0.663. The molecule has 0 atom stereocenters. The summed E-state index contributed by atoms with van der Waals surface area (Å²) in [6, 6.07) is 2.87. The third kappa shape index (κ3) is 2.05. The SMILES string of the molecule is COc1cc(CCl)cc(F)n1. The molecule has 0 aliphatic heterocycles. The van der Waals surface area contributed by atoms with Gasteiger partial charge in [0.1, 0.15) is 0 Å². The summed E-state index contributed by atoms with van der Waals surface area (Å²) < 4.78 is 17.3. The zero-order chi connectivity index (χ0) is 8.27. The van der Waals surface area contributed by atoms with Gasteiger partial charge in [-0.2, -0.15) is 9.37 Å². The first kappa shape index (κ1) is 8.27. The lowest BCUT2D eigenvalue weighted by atomic mass is 10.3. The third-order valence-electron chi connectivity index (χ3n) is 1.19. The van der Waals surface area contributed by atoms with E-state index in [0.717, 1.165) is 0 Å². The van der Waals surface area contributed by atoms with Gasteiger partial charge in [0.25, 0.3) is 0 Å². The van der Waals surface area contributed by atoms with E-state index in [1.165, 1.54) is 13.2 Å². The summed E-state index contributed by atoms with van der Waals surface area (Å²) in [5, 5.41) is 0. The van der Waals surface area contributed by atoms with Crippen LogP contribution in [0.2, 0.25) is 0 Å². The lowest BCUT2D eigenvalue weighted by molar-refractivity contribution is 0.387. The summed E-state index contributed by atoms with van der Waals surface area (Å²) in [6.07, 6.45) is 0. The van der Waals surface area contributed by atoms with Gasteiger partial charge in [-0.25, -0.2) is 0 Å². The molecule has 1 aromatic heterocycles. The largest absolute Gasteiger partial charge is 0.481 e. The molecular weight excluding hydrogens is 169 g/mol. The lowest BCUT2D eigenvalue weighted by Crippen LogP contribution is -1.92. The van der Waals surface area contributed by atoms with Crippen LogP contribution >= 0.6 is 11.6 Å². The van der Waals surface area contributed by atoms with Crippen LogP contribution in [0.4, 0.5) is 4.39 Å². The average Bonchev–Trinajstić information content (AvgIpc) is 2.03. The Morgan fingerprint density at radius 3 is 2.91 bits per heavy atom. The molecule has 60 valence electrons. The van der Waals surface area contributed by atoms with Gasteiger partial charge in [0, 0.05) is 11.9 Å². The van der Waals surface area contributed by atoms with Crippen molar-refractivity contribution in [2.75, 3.05) is 7.11 Å². The highest BCUT2D eigenvalue weighted by Crippen LogP contribution is 2.12. The Hall–Kier alpha value is -0.830. The second-order valence-corrected chi connectivity index (χ2v) is 2.24. The van der Waals surface area contributed by atoms with Crippen LogP contribution in [0.25, 0.3) is 0 Å². The fourth-order valence-electron chi connectivity index (χ4n) is 0.705. The summed E-state index contributed by atoms with van der Waals surface area (Å²) in [5.74, 6) is -0.0591. The van der Waals surface area contributed by atoms with Crippen LogP contribution in [-0.4, -0.2) is 12.1 Å². The highest BCUT2D eigenvalue weighted by molar-refractivity contribution is 6.17. The van der Waals surface area contributed by atoms with Crippen LogP contribution in [0.15, 0.2) is 12.1 Å². The Morgan fingerprint density at radius 2 is 2.36 bits per heavy atom. The van der Waals surface area contributed by atoms with Gasteiger partial charge in [0.05, 0.1) is 7.11 Å². The van der Waals surface area contributed by atoms with Crippen molar-refractivity contribution in [3.63, 3.8) is 0 Å². The van der Waals surface area contributed by atoms with E-state index >= 15 is 0 Å². The Morgan fingerprint density at radius 1 is 1.64 bits per heavy atom. The molecule has 0 unspecified atom stereocenters. The fourth-order valence-corrected chi connectivity index (χ4v) is 0.859. The van der Waals surface area contributed by atoms with E-state index in [9.17, 15) is 4.39 Å². The van der Waals surface area contributed by atoms with Crippen molar-refractivity contribution < 1.29 is 9.13 Å². The number of hydrogen-bond acceptors (Lipinski definition) is 2. The molecule has 0 N–H and O–H groups in total. The molecule has 4 heteroatoms. The number of ether oxygens (including phenoxy) is 1. The van der Waals surface area contributed by atoms with Crippen LogP contribution in [0.1, 0.15) is 5.56 Å². The number of rotatable bonds is 2. The molecule has 0 fully saturated rings. The zero-order valence-electron chi connectivity index (χ0n) is 5.97. The van der Waals surface area contributed by atoms with Crippen LogP contribution < -0.4 is 4.74 Å². The number of methoxy groups -OCH3 is 1. The van der Waals surface area contributed by atoms with Crippen molar-refractivity contribution in [3.05, 3.63) is 23.6 Å². The number of alkyl halides is 1. The van der Waals surface area contributed by atoms with Crippen LogP contribution in [-0.2, 0) is 5.88 Å². The molecule has 0 aromatic carbocycles. The molecule has 0 amide bonds. The number of pyridine rings is 1. The molecule has 0 bridgehead atoms. The van der Waals surface area contributed by atoms with Crippen LogP contribution in [0, 0.1) is 5.95 Å². The van der Waals surface area contributed by atoms with Gasteiger partial charge < -0.3 is 4.74 Å². The minimum absolute atomic E-state index is 0.251. The number of aromatic nitrogens is 1. The van der Waals surface area contributed by atoms with E-state index in [0.29, 0.717) is 5.56 Å². The molecule has 0 saturated carbocycles. The predicted molar refractivity (Wildman–Crippen MR) is 40.3 cm³/mol. The Labute approximate surface area is 69.0 Å². The van der Waals surface area contributed by atoms with Gasteiger partial charge in [0.15, 0.2) is 0 Å². The minimum atomic E-state index is -0.569. The van der Waals surface area contributed by atoms with Gasteiger partial charge in [-0.05, 0) is 11.6 Å². The second kappa shape index (κ2) is 3.53. The molecule has 1 heterocycles. The highest BCUT2D eigenvalue weighted by Gasteiger charge is 2.00. The first-order valence-corrected chi connectivity index (χ1v) is 3.56. The van der Waals surface area contributed by atoms with E-state index in [2.05, 4.69) is 4.98 Å². The summed E-state index contributed by atoms with van der Waals surface area (Å²) in [4.78, 5) is 3.45. The standard InChI is InChI=1S/C7H7ClFNO/c1-11-7-3-5(4-8)2-6(9)10-7/h2-3H,4H2,1H3. The molecule has 0 saturated heterocycles. The average molecular weight is 176 g/mol. The third-order valence-corrected chi connectivity index (χ3v) is 1.50. The monoisotopic (exact) mass is 175 g/mol. The summed E-state index contributed by atoms with van der Waals surface area (Å²) in [7, 11) is 1.43. The van der Waals surface area contributed by atoms with Crippen molar-refractivity contribution in [1.29, 1.82) is 0 Å². The molecule has 0 aliphatic rings. The Kier molecular flexibility index (Phi) is 2.65. The Balaban J connectivity index is 3.02. The smallest absolute Gasteiger partial charge is 0.216 e. The predicted octanol–water partition coefficient (Wildman–Crippen LogP) is 1.97. The normalized spacial score (nSPS) is 9.73. The van der Waals surface area contributed by atoms with Gasteiger partial charge in [-0.15, -0.1) is 11.6 Å². The minimum Gasteiger partial charge on any atom is -0.481 e. The fraction of sp³-hybridized carbons (Fsp3) is 0.286. The van der Waals surface area contributed by atoms with E-state index < -0.39 is 5.95 Å². The van der Waals surface area contributed by atoms with Gasteiger partial charge in [0.2, 0.25) is 11.8 Å². The topological polar surface area (TPSA) is 22.1 Å². The molecular formula is C7H7ClFNO. The van der Waals surface area contributed by atoms with Gasteiger partial charge >= 0.3 is 0 Å². The molecule has 0 radical (unpaired) electrons. The number of halogens is 2. The molecule has 0 spiro atoms. The lowest BCUT2D eigenvalue weighted by Gasteiger charge is -2.00. The van der Waals surface area contributed by atoms with Crippen LogP contribution in [0.3, 0.4) is 0 Å². The van der Waals surface area contributed by atoms with E-state index in [1.807, 2.05) is 0 Å². The highest BCUT2D eigenvalue weighted by atomic mass is 35.5. The maximum atomic E-state index is 12.6. The summed E-state index contributed by atoms with van der Waals surface area (Å²) >= 11 is 5.48. The van der Waals surface area contributed by atoms with Gasteiger partial charge in [-0.1, -0.05) is 0 Å². The van der Waals surface area contributed by atoms with Crippen molar-refractivity contribution >= 4 is 11.6 Å². The van der Waals surface area contributed by atoms with E-state index in [1.54, 1.807) is 6.07 Å². The number of nitrogens with zero attached hydrogens (tertiary/aromatic N) is 1. The van der Waals surface area contributed by atoms with Crippen LogP contribution in [0.5, 0.6) is 5.88 Å². The second-order valence-electron chi connectivity index (χ2n) is 1.97. The molecule has 0 aliphatic carbocycles. The van der Waals surface area contributed by atoms with E-state index in [4.69, 9.17) is 16.3 Å². The molecule has 1 aromatic rings. The van der Waals surface area contributed by atoms with Crippen molar-refractivity contribution in [2.45, 2.75) is 5.88 Å². The molecule has 2 nitrogen and oxygen atoms in total.